The molecule has 1 unspecified atom stereocenters. The van der Waals surface area contributed by atoms with E-state index in [1.54, 1.807) is 7.05 Å². The smallest absolute Gasteiger partial charge is 0.282 e. The van der Waals surface area contributed by atoms with E-state index in [4.69, 9.17) is 0 Å². The fourth-order valence-corrected chi connectivity index (χ4v) is 3.86. The summed E-state index contributed by atoms with van der Waals surface area (Å²) >= 11 is 0. The predicted octanol–water partition coefficient (Wildman–Crippen LogP) is 1.01. The first-order chi connectivity index (χ1) is 7.76. The Balaban J connectivity index is 2.87. The third-order valence-electron chi connectivity index (χ3n) is 3.23. The number of Topliss-reactive ketones (excluding diaryl/α,β-unsaturated/α-hetero) is 1. The highest BCUT2D eigenvalue weighted by Crippen LogP contribution is 2.25. The summed E-state index contributed by atoms with van der Waals surface area (Å²) in [4.78, 5) is 11.1. The van der Waals surface area contributed by atoms with Gasteiger partial charge in [-0.05, 0) is 33.6 Å². The van der Waals surface area contributed by atoms with Gasteiger partial charge in [0.05, 0.1) is 0 Å². The lowest BCUT2D eigenvalue weighted by atomic mass is 10.1. The molecule has 6 heteroatoms. The summed E-state index contributed by atoms with van der Waals surface area (Å²) < 4.78 is 27.5. The Morgan fingerprint density at radius 3 is 2.53 bits per heavy atom. The van der Waals surface area contributed by atoms with Crippen LogP contribution in [0.15, 0.2) is 0 Å². The van der Waals surface area contributed by atoms with E-state index in [0.717, 1.165) is 12.8 Å². The van der Waals surface area contributed by atoms with Gasteiger partial charge in [0.15, 0.2) is 0 Å². The molecule has 1 atom stereocenters. The summed E-state index contributed by atoms with van der Waals surface area (Å²) in [5.74, 6) is 0.0456. The van der Waals surface area contributed by atoms with Gasteiger partial charge in [-0.15, -0.1) is 0 Å². The van der Waals surface area contributed by atoms with E-state index >= 15 is 0 Å². The molecular formula is C11H22N2O3S. The van der Waals surface area contributed by atoms with E-state index in [1.807, 2.05) is 13.8 Å². The molecule has 17 heavy (non-hydrogen) atoms. The normalized spacial score (nSPS) is 22.6. The summed E-state index contributed by atoms with van der Waals surface area (Å²) in [6, 6.07) is -0.225. The first-order valence-electron chi connectivity index (χ1n) is 6.01. The van der Waals surface area contributed by atoms with Gasteiger partial charge in [-0.25, -0.2) is 0 Å². The highest BCUT2D eigenvalue weighted by molar-refractivity contribution is 7.86. The van der Waals surface area contributed by atoms with Gasteiger partial charge in [-0.3, -0.25) is 4.79 Å². The maximum atomic E-state index is 12.3. The highest BCUT2D eigenvalue weighted by Gasteiger charge is 2.37. The van der Waals surface area contributed by atoms with E-state index < -0.39 is 10.2 Å². The van der Waals surface area contributed by atoms with E-state index in [-0.39, 0.29) is 17.9 Å². The summed E-state index contributed by atoms with van der Waals surface area (Å²) in [5.41, 5.74) is 0. The van der Waals surface area contributed by atoms with Crippen LogP contribution in [0, 0.1) is 0 Å². The molecule has 0 saturated carbocycles. The van der Waals surface area contributed by atoms with Crippen LogP contribution >= 0.6 is 0 Å². The molecular weight excluding hydrogens is 240 g/mol. The minimum absolute atomic E-state index is 0.0456. The fourth-order valence-electron chi connectivity index (χ4n) is 2.08. The van der Waals surface area contributed by atoms with Gasteiger partial charge in [0.25, 0.3) is 10.2 Å². The first-order valence-corrected chi connectivity index (χ1v) is 7.40. The average Bonchev–Trinajstić information content (AvgIpc) is 2.63. The van der Waals surface area contributed by atoms with Crippen molar-refractivity contribution in [2.75, 3.05) is 13.6 Å². The minimum atomic E-state index is -3.42. The van der Waals surface area contributed by atoms with Crippen molar-refractivity contribution in [2.45, 2.75) is 52.1 Å². The number of nitrogens with zero attached hydrogens (tertiary/aromatic N) is 2. The Morgan fingerprint density at radius 2 is 2.06 bits per heavy atom. The van der Waals surface area contributed by atoms with Crippen LogP contribution in [-0.4, -0.2) is 48.5 Å². The van der Waals surface area contributed by atoms with Crippen LogP contribution in [0.25, 0.3) is 0 Å². The molecule has 0 radical (unpaired) electrons. The van der Waals surface area contributed by atoms with Gasteiger partial charge >= 0.3 is 0 Å². The Labute approximate surface area is 104 Å². The van der Waals surface area contributed by atoms with E-state index in [9.17, 15) is 13.2 Å². The van der Waals surface area contributed by atoms with Crippen molar-refractivity contribution >= 4 is 16.0 Å². The lowest BCUT2D eigenvalue weighted by Crippen LogP contribution is -2.47. The van der Waals surface area contributed by atoms with Crippen molar-refractivity contribution in [3.63, 3.8) is 0 Å². The van der Waals surface area contributed by atoms with Crippen molar-refractivity contribution in [1.29, 1.82) is 0 Å². The van der Waals surface area contributed by atoms with Crippen LogP contribution in [0.4, 0.5) is 0 Å². The molecule has 0 aliphatic carbocycles. The van der Waals surface area contributed by atoms with Crippen molar-refractivity contribution in [3.8, 4) is 0 Å². The van der Waals surface area contributed by atoms with Gasteiger partial charge in [0.1, 0.15) is 5.78 Å². The number of hydrogen-bond acceptors (Lipinski definition) is 3. The van der Waals surface area contributed by atoms with E-state index in [1.165, 1.54) is 15.5 Å². The molecule has 1 aliphatic rings. The largest absolute Gasteiger partial charge is 0.300 e. The third kappa shape index (κ3) is 3.26. The zero-order chi connectivity index (χ0) is 13.2. The third-order valence-corrected chi connectivity index (χ3v) is 5.46. The summed E-state index contributed by atoms with van der Waals surface area (Å²) in [7, 11) is -1.83. The van der Waals surface area contributed by atoms with Crippen molar-refractivity contribution in [2.24, 2.45) is 0 Å². The molecule has 0 aromatic rings. The lowest BCUT2D eigenvalue weighted by Gasteiger charge is -2.30. The monoisotopic (exact) mass is 262 g/mol. The predicted molar refractivity (Wildman–Crippen MR) is 66.8 cm³/mol. The molecule has 1 rings (SSSR count). The van der Waals surface area contributed by atoms with Gasteiger partial charge in [0, 0.05) is 32.1 Å². The number of rotatable bonds is 5. The van der Waals surface area contributed by atoms with Crippen molar-refractivity contribution in [1.82, 2.24) is 8.61 Å². The SMILES string of the molecule is CC(=O)CC1CCCN1S(=O)(=O)N(C)C(C)C. The van der Waals surface area contributed by atoms with Crippen LogP contribution in [0.3, 0.4) is 0 Å². The van der Waals surface area contributed by atoms with Crippen molar-refractivity contribution in [3.05, 3.63) is 0 Å². The van der Waals surface area contributed by atoms with Gasteiger partial charge in [0.2, 0.25) is 0 Å². The standard InChI is InChI=1S/C11H22N2O3S/c1-9(2)12(4)17(15,16)13-7-5-6-11(13)8-10(3)14/h9,11H,5-8H2,1-4H3. The molecule has 1 heterocycles. The van der Waals surface area contributed by atoms with Crippen molar-refractivity contribution < 1.29 is 13.2 Å². The molecule has 0 N–H and O–H groups in total. The molecule has 0 aromatic heterocycles. The van der Waals surface area contributed by atoms with Gasteiger partial charge in [-0.2, -0.15) is 17.0 Å². The van der Waals surface area contributed by atoms with Crippen LogP contribution in [0.5, 0.6) is 0 Å². The van der Waals surface area contributed by atoms with E-state index in [0.29, 0.717) is 13.0 Å². The minimum Gasteiger partial charge on any atom is -0.300 e. The molecule has 5 nitrogen and oxygen atoms in total. The van der Waals surface area contributed by atoms with Gasteiger partial charge in [-0.1, -0.05) is 0 Å². The average molecular weight is 262 g/mol. The Hall–Kier alpha value is -0.460. The summed E-state index contributed by atoms with van der Waals surface area (Å²) in [6.07, 6.45) is 1.94. The maximum Gasteiger partial charge on any atom is 0.282 e. The Morgan fingerprint density at radius 1 is 1.47 bits per heavy atom. The molecule has 0 aromatic carbocycles. The van der Waals surface area contributed by atoms with Crippen LogP contribution in [0.2, 0.25) is 0 Å². The summed E-state index contributed by atoms with van der Waals surface area (Å²) in [6.45, 7) is 5.72. The molecule has 0 amide bonds. The first kappa shape index (κ1) is 14.6. The lowest BCUT2D eigenvalue weighted by molar-refractivity contribution is -0.117. The Kier molecular flexibility index (Phi) is 4.69. The molecule has 0 spiro atoms. The number of ketones is 1. The quantitative estimate of drug-likeness (QED) is 0.743. The van der Waals surface area contributed by atoms with Gasteiger partial charge < -0.3 is 0 Å². The zero-order valence-electron chi connectivity index (χ0n) is 11.0. The Bertz CT molecular complexity index is 378. The second-order valence-electron chi connectivity index (χ2n) is 4.93. The number of carbonyl (C=O) groups excluding carboxylic acids is 1. The second kappa shape index (κ2) is 5.46. The molecule has 100 valence electrons. The summed E-state index contributed by atoms with van der Waals surface area (Å²) in [5, 5.41) is 0. The molecule has 1 saturated heterocycles. The maximum absolute atomic E-state index is 12.3. The second-order valence-corrected chi connectivity index (χ2v) is 6.87. The number of carbonyl (C=O) groups is 1. The molecule has 1 fully saturated rings. The van der Waals surface area contributed by atoms with Crippen LogP contribution < -0.4 is 0 Å². The topological polar surface area (TPSA) is 57.7 Å². The molecule has 0 bridgehead atoms. The fraction of sp³-hybridized carbons (Fsp3) is 0.909. The highest BCUT2D eigenvalue weighted by atomic mass is 32.2. The molecule has 1 aliphatic heterocycles. The van der Waals surface area contributed by atoms with Crippen LogP contribution in [-0.2, 0) is 15.0 Å². The zero-order valence-corrected chi connectivity index (χ0v) is 11.8. The van der Waals surface area contributed by atoms with E-state index in [2.05, 4.69) is 0 Å². The number of hydrogen-bond donors (Lipinski definition) is 0. The van der Waals surface area contributed by atoms with Crippen LogP contribution in [0.1, 0.15) is 40.0 Å².